The molecule has 0 bridgehead atoms. The maximum Gasteiger partial charge on any atom is 0.244 e. The van der Waals surface area contributed by atoms with Crippen molar-refractivity contribution < 1.29 is 4.52 Å². The van der Waals surface area contributed by atoms with Crippen molar-refractivity contribution in [2.24, 2.45) is 11.1 Å². The van der Waals surface area contributed by atoms with Crippen LogP contribution < -0.4 is 5.73 Å². The second-order valence-corrected chi connectivity index (χ2v) is 4.25. The Bertz CT molecular complexity index is 275. The van der Waals surface area contributed by atoms with Gasteiger partial charge in [0.2, 0.25) is 5.89 Å². The van der Waals surface area contributed by atoms with Crippen molar-refractivity contribution in [2.45, 2.75) is 40.2 Å². The van der Waals surface area contributed by atoms with Gasteiger partial charge in [0.25, 0.3) is 0 Å². The molecule has 0 spiro atoms. The maximum absolute atomic E-state index is 5.94. The van der Waals surface area contributed by atoms with Crippen LogP contribution in [0, 0.1) is 5.41 Å². The normalized spacial score (nSPS) is 14.5. The van der Waals surface area contributed by atoms with Crippen LogP contribution in [0.15, 0.2) is 4.52 Å². The number of aryl methyl sites for hydroxylation is 1. The summed E-state index contributed by atoms with van der Waals surface area (Å²) in [7, 11) is 0. The van der Waals surface area contributed by atoms with Gasteiger partial charge in [-0.2, -0.15) is 4.98 Å². The van der Waals surface area contributed by atoms with E-state index in [1.54, 1.807) is 0 Å². The highest BCUT2D eigenvalue weighted by molar-refractivity contribution is 4.96. The molecule has 0 amide bonds. The Hall–Kier alpha value is -0.900. The molecular formula is C9H17N3O. The Labute approximate surface area is 78.5 Å². The van der Waals surface area contributed by atoms with E-state index in [2.05, 4.69) is 10.1 Å². The van der Waals surface area contributed by atoms with Gasteiger partial charge in [-0.15, -0.1) is 0 Å². The lowest BCUT2D eigenvalue weighted by molar-refractivity contribution is 0.252. The first kappa shape index (κ1) is 10.2. The van der Waals surface area contributed by atoms with E-state index in [-0.39, 0.29) is 11.5 Å². The van der Waals surface area contributed by atoms with E-state index in [0.29, 0.717) is 5.89 Å². The minimum absolute atomic E-state index is 0.0441. The molecule has 1 heterocycles. The topological polar surface area (TPSA) is 64.9 Å². The maximum atomic E-state index is 5.94. The molecule has 0 saturated heterocycles. The lowest BCUT2D eigenvalue weighted by atomic mass is 9.87. The molecule has 0 aliphatic carbocycles. The highest BCUT2D eigenvalue weighted by Crippen LogP contribution is 2.28. The summed E-state index contributed by atoms with van der Waals surface area (Å²) in [6, 6.07) is -0.194. The summed E-state index contributed by atoms with van der Waals surface area (Å²) < 4.78 is 5.06. The lowest BCUT2D eigenvalue weighted by Gasteiger charge is -2.23. The smallest absolute Gasteiger partial charge is 0.244 e. The van der Waals surface area contributed by atoms with Gasteiger partial charge in [-0.05, 0) is 5.41 Å². The minimum atomic E-state index is -0.194. The Morgan fingerprint density at radius 2 is 2.08 bits per heavy atom. The molecule has 1 aromatic rings. The van der Waals surface area contributed by atoms with Gasteiger partial charge in [0, 0.05) is 6.42 Å². The van der Waals surface area contributed by atoms with Crippen LogP contribution in [0.3, 0.4) is 0 Å². The second-order valence-electron chi connectivity index (χ2n) is 4.25. The van der Waals surface area contributed by atoms with Crippen LogP contribution >= 0.6 is 0 Å². The van der Waals surface area contributed by atoms with Crippen LogP contribution in [-0.2, 0) is 6.42 Å². The predicted molar refractivity (Wildman–Crippen MR) is 50.1 cm³/mol. The molecule has 2 N–H and O–H groups in total. The predicted octanol–water partition coefficient (Wildman–Crippen LogP) is 1.68. The highest BCUT2D eigenvalue weighted by atomic mass is 16.5. The molecule has 0 saturated carbocycles. The van der Waals surface area contributed by atoms with Crippen molar-refractivity contribution in [3.63, 3.8) is 0 Å². The molecule has 74 valence electrons. The first-order valence-corrected chi connectivity index (χ1v) is 4.53. The van der Waals surface area contributed by atoms with Gasteiger partial charge in [-0.25, -0.2) is 0 Å². The van der Waals surface area contributed by atoms with Crippen LogP contribution in [0.5, 0.6) is 0 Å². The van der Waals surface area contributed by atoms with E-state index in [4.69, 9.17) is 10.3 Å². The Morgan fingerprint density at radius 1 is 1.46 bits per heavy atom. The average molecular weight is 183 g/mol. The Balaban J connectivity index is 2.83. The number of hydrogen-bond acceptors (Lipinski definition) is 4. The Morgan fingerprint density at radius 3 is 2.46 bits per heavy atom. The molecule has 0 fully saturated rings. The van der Waals surface area contributed by atoms with Gasteiger partial charge < -0.3 is 10.3 Å². The number of nitrogens with zero attached hydrogens (tertiary/aromatic N) is 2. The third-order valence-corrected chi connectivity index (χ3v) is 2.00. The van der Waals surface area contributed by atoms with E-state index in [1.807, 2.05) is 27.7 Å². The zero-order chi connectivity index (χ0) is 10.1. The summed E-state index contributed by atoms with van der Waals surface area (Å²) in [4.78, 5) is 4.19. The fourth-order valence-electron chi connectivity index (χ4n) is 0.908. The van der Waals surface area contributed by atoms with Crippen LogP contribution in [0.4, 0.5) is 0 Å². The molecule has 0 aromatic carbocycles. The van der Waals surface area contributed by atoms with E-state index >= 15 is 0 Å². The molecular weight excluding hydrogens is 166 g/mol. The molecule has 0 aliphatic rings. The summed E-state index contributed by atoms with van der Waals surface area (Å²) >= 11 is 0. The van der Waals surface area contributed by atoms with E-state index in [9.17, 15) is 0 Å². The number of aromatic nitrogens is 2. The zero-order valence-electron chi connectivity index (χ0n) is 8.66. The summed E-state index contributed by atoms with van der Waals surface area (Å²) in [5, 5.41) is 3.80. The third-order valence-electron chi connectivity index (χ3n) is 2.00. The fourth-order valence-corrected chi connectivity index (χ4v) is 0.908. The van der Waals surface area contributed by atoms with Crippen LogP contribution in [0.25, 0.3) is 0 Å². The molecule has 1 aromatic heterocycles. The summed E-state index contributed by atoms with van der Waals surface area (Å²) in [6.07, 6.45) is 0.778. The van der Waals surface area contributed by atoms with E-state index in [1.165, 1.54) is 0 Å². The van der Waals surface area contributed by atoms with Crippen LogP contribution in [0.2, 0.25) is 0 Å². The lowest BCUT2D eigenvalue weighted by Crippen LogP contribution is -2.26. The number of nitrogens with two attached hydrogens (primary N) is 1. The third kappa shape index (κ3) is 2.28. The minimum Gasteiger partial charge on any atom is -0.338 e. The Kier molecular flexibility index (Phi) is 2.71. The quantitative estimate of drug-likeness (QED) is 0.757. The van der Waals surface area contributed by atoms with Crippen molar-refractivity contribution in [1.29, 1.82) is 0 Å². The van der Waals surface area contributed by atoms with Gasteiger partial charge in [0.05, 0.1) is 6.04 Å². The molecule has 0 radical (unpaired) electrons. The SMILES string of the molecule is CCc1noc([C@@H](N)C(C)(C)C)n1. The van der Waals surface area contributed by atoms with Crippen molar-refractivity contribution in [3.8, 4) is 0 Å². The largest absolute Gasteiger partial charge is 0.338 e. The number of hydrogen-bond donors (Lipinski definition) is 1. The summed E-state index contributed by atoms with van der Waals surface area (Å²) in [5.74, 6) is 1.25. The first-order chi connectivity index (χ1) is 5.95. The zero-order valence-corrected chi connectivity index (χ0v) is 8.66. The second kappa shape index (κ2) is 3.46. The van der Waals surface area contributed by atoms with Crippen molar-refractivity contribution in [2.75, 3.05) is 0 Å². The van der Waals surface area contributed by atoms with E-state index in [0.717, 1.165) is 12.2 Å². The van der Waals surface area contributed by atoms with Gasteiger partial charge in [0.1, 0.15) is 0 Å². The molecule has 0 unspecified atom stereocenters. The molecule has 4 nitrogen and oxygen atoms in total. The first-order valence-electron chi connectivity index (χ1n) is 4.53. The van der Waals surface area contributed by atoms with Crippen LogP contribution in [0.1, 0.15) is 45.5 Å². The summed E-state index contributed by atoms with van der Waals surface area (Å²) in [6.45, 7) is 8.13. The molecule has 1 rings (SSSR count). The fraction of sp³-hybridized carbons (Fsp3) is 0.778. The van der Waals surface area contributed by atoms with Gasteiger partial charge in [-0.1, -0.05) is 32.9 Å². The standard InChI is InChI=1S/C9H17N3O/c1-5-6-11-8(13-12-6)7(10)9(2,3)4/h7H,5,10H2,1-4H3/t7-/m1/s1. The summed E-state index contributed by atoms with van der Waals surface area (Å²) in [5.41, 5.74) is 5.90. The van der Waals surface area contributed by atoms with Gasteiger partial charge >= 0.3 is 0 Å². The monoisotopic (exact) mass is 183 g/mol. The molecule has 4 heteroatoms. The molecule has 1 atom stereocenters. The molecule has 0 aliphatic heterocycles. The van der Waals surface area contributed by atoms with Crippen LogP contribution in [-0.4, -0.2) is 10.1 Å². The van der Waals surface area contributed by atoms with E-state index < -0.39 is 0 Å². The van der Waals surface area contributed by atoms with Gasteiger partial charge in [-0.3, -0.25) is 0 Å². The van der Waals surface area contributed by atoms with Crippen molar-refractivity contribution >= 4 is 0 Å². The number of rotatable bonds is 2. The highest BCUT2D eigenvalue weighted by Gasteiger charge is 2.27. The average Bonchev–Trinajstić information content (AvgIpc) is 2.48. The molecule has 13 heavy (non-hydrogen) atoms. The van der Waals surface area contributed by atoms with Crippen molar-refractivity contribution in [1.82, 2.24) is 10.1 Å². The van der Waals surface area contributed by atoms with Gasteiger partial charge in [0.15, 0.2) is 5.82 Å². The van der Waals surface area contributed by atoms with Crippen molar-refractivity contribution in [3.05, 3.63) is 11.7 Å².